The van der Waals surface area contributed by atoms with Crippen LogP contribution in [-0.2, 0) is 24.4 Å². The van der Waals surface area contributed by atoms with Gasteiger partial charge in [0.15, 0.2) is 11.5 Å². The van der Waals surface area contributed by atoms with Crippen LogP contribution in [-0.4, -0.2) is 107 Å². The molecule has 4 heterocycles. The predicted molar refractivity (Wildman–Crippen MR) is 208 cm³/mol. The molecule has 8 rings (SSSR count). The van der Waals surface area contributed by atoms with Gasteiger partial charge in [-0.3, -0.25) is 24.0 Å². The molecule has 3 aliphatic carbocycles. The SMILES string of the molecule is C[C@H]1CC/C=C\[C@@H]2C[C@@]2(C(=O)NS(=O)(=O)C2(C)CC2)NC(=O)[C@@H]2C[C@@H](Oc3nccc4c5c(ccc34)OCCO5)CN2C(=O)[C@@H](N(CC2(C)CC2)C(=O)O)[C@H](C)C1. The summed E-state index contributed by atoms with van der Waals surface area (Å²) in [4.78, 5) is 64.0. The Morgan fingerprint density at radius 1 is 1.07 bits per heavy atom. The first-order valence-corrected chi connectivity index (χ1v) is 21.7. The molecule has 16 heteroatoms. The van der Waals surface area contributed by atoms with Crippen LogP contribution in [0.3, 0.4) is 0 Å². The molecule has 0 bridgehead atoms. The summed E-state index contributed by atoms with van der Waals surface area (Å²) >= 11 is 0. The molecule has 4 fully saturated rings. The third-order valence-electron chi connectivity index (χ3n) is 13.1. The van der Waals surface area contributed by atoms with Gasteiger partial charge in [0.2, 0.25) is 27.7 Å². The number of fused-ring (bicyclic) bond motifs is 5. The van der Waals surface area contributed by atoms with Gasteiger partial charge in [-0.15, -0.1) is 0 Å². The van der Waals surface area contributed by atoms with Gasteiger partial charge < -0.3 is 29.5 Å². The van der Waals surface area contributed by atoms with Crippen LogP contribution in [0.4, 0.5) is 4.79 Å². The van der Waals surface area contributed by atoms with Gasteiger partial charge in [-0.05, 0) is 93.7 Å². The highest BCUT2D eigenvalue weighted by molar-refractivity contribution is 7.91. The average Bonchev–Trinajstić information content (AvgIpc) is 4.13. The van der Waals surface area contributed by atoms with Gasteiger partial charge in [-0.25, -0.2) is 18.2 Å². The fourth-order valence-electron chi connectivity index (χ4n) is 8.88. The number of rotatable bonds is 8. The summed E-state index contributed by atoms with van der Waals surface area (Å²) in [7, 11) is -4.02. The van der Waals surface area contributed by atoms with Crippen LogP contribution in [0.15, 0.2) is 36.5 Å². The number of nitrogens with zero attached hydrogens (tertiary/aromatic N) is 3. The van der Waals surface area contributed by atoms with Crippen molar-refractivity contribution in [3.05, 3.63) is 36.5 Å². The lowest BCUT2D eigenvalue weighted by molar-refractivity contribution is -0.144. The molecule has 15 nitrogen and oxygen atoms in total. The highest BCUT2D eigenvalue weighted by Crippen LogP contribution is 2.49. The molecule has 3 N–H and O–H groups in total. The first-order valence-electron chi connectivity index (χ1n) is 20.2. The number of ether oxygens (including phenoxy) is 3. The van der Waals surface area contributed by atoms with E-state index in [1.54, 1.807) is 25.3 Å². The average molecular weight is 808 g/mol. The largest absolute Gasteiger partial charge is 0.486 e. The van der Waals surface area contributed by atoms with E-state index in [9.17, 15) is 27.9 Å². The van der Waals surface area contributed by atoms with Crippen molar-refractivity contribution in [3.63, 3.8) is 0 Å². The molecule has 3 aliphatic heterocycles. The van der Waals surface area contributed by atoms with E-state index in [1.807, 2.05) is 32.1 Å². The number of hydrogen-bond donors (Lipinski definition) is 3. The molecule has 7 atom stereocenters. The van der Waals surface area contributed by atoms with Crippen LogP contribution >= 0.6 is 0 Å². The maximum Gasteiger partial charge on any atom is 0.408 e. The van der Waals surface area contributed by atoms with Crippen molar-refractivity contribution >= 4 is 44.6 Å². The molecule has 2 aromatic rings. The zero-order chi connectivity index (χ0) is 40.5. The van der Waals surface area contributed by atoms with Crippen LogP contribution in [0.5, 0.6) is 17.4 Å². The van der Waals surface area contributed by atoms with Crippen LogP contribution in [0.25, 0.3) is 10.8 Å². The monoisotopic (exact) mass is 807 g/mol. The van der Waals surface area contributed by atoms with Gasteiger partial charge in [0.25, 0.3) is 5.91 Å². The molecular formula is C41H53N5O10S. The van der Waals surface area contributed by atoms with E-state index in [2.05, 4.69) is 21.9 Å². The van der Waals surface area contributed by atoms with E-state index < -0.39 is 74.1 Å². The molecule has 0 spiro atoms. The Morgan fingerprint density at radius 3 is 2.54 bits per heavy atom. The van der Waals surface area contributed by atoms with Crippen molar-refractivity contribution in [2.24, 2.45) is 23.2 Å². The van der Waals surface area contributed by atoms with E-state index in [4.69, 9.17) is 14.2 Å². The second kappa shape index (κ2) is 14.3. The quantitative estimate of drug-likeness (QED) is 0.321. The summed E-state index contributed by atoms with van der Waals surface area (Å²) in [5.74, 6) is -1.27. The molecule has 1 aromatic carbocycles. The van der Waals surface area contributed by atoms with Crippen LogP contribution in [0.1, 0.15) is 85.5 Å². The Bertz CT molecular complexity index is 2120. The van der Waals surface area contributed by atoms with E-state index in [0.29, 0.717) is 55.8 Å². The van der Waals surface area contributed by atoms with Gasteiger partial charge in [-0.1, -0.05) is 32.9 Å². The van der Waals surface area contributed by atoms with Crippen molar-refractivity contribution in [1.29, 1.82) is 0 Å². The van der Waals surface area contributed by atoms with Crippen molar-refractivity contribution in [3.8, 4) is 17.4 Å². The lowest BCUT2D eigenvalue weighted by Crippen LogP contribution is -2.60. The number of nitrogens with one attached hydrogen (secondary N) is 2. The predicted octanol–water partition coefficient (Wildman–Crippen LogP) is 4.39. The summed E-state index contributed by atoms with van der Waals surface area (Å²) in [5, 5.41) is 14.9. The zero-order valence-corrected chi connectivity index (χ0v) is 33.8. The van der Waals surface area contributed by atoms with Crippen molar-refractivity contribution < 1.29 is 46.9 Å². The first kappa shape index (κ1) is 39.2. The summed E-state index contributed by atoms with van der Waals surface area (Å²) in [5.41, 5.74) is -1.80. The molecule has 1 aromatic heterocycles. The highest BCUT2D eigenvalue weighted by atomic mass is 32.2. The Kier molecular flexibility index (Phi) is 9.88. The summed E-state index contributed by atoms with van der Waals surface area (Å²) in [6, 6.07) is 3.14. The van der Waals surface area contributed by atoms with Crippen molar-refractivity contribution in [1.82, 2.24) is 24.8 Å². The second-order valence-electron chi connectivity index (χ2n) is 17.9. The first-order chi connectivity index (χ1) is 27.0. The van der Waals surface area contributed by atoms with Crippen molar-refractivity contribution in [2.75, 3.05) is 26.3 Å². The Labute approximate surface area is 332 Å². The second-order valence-corrected chi connectivity index (χ2v) is 20.1. The number of carboxylic acid groups (broad SMARTS) is 1. The highest BCUT2D eigenvalue weighted by Gasteiger charge is 2.63. The number of sulfonamides is 1. The standard InChI is InChI=1S/C41H53N5O10S/c1-24-7-5-6-8-26-21-41(26,37(49)44-57(52,53)40(4)14-15-40)43-34(47)30-20-27(56-35-29-9-10-31-33(55-18-17-54-31)28(29)11-16-42-35)22-45(30)36(48)32(25(2)19-24)46(38(50)51)23-39(3)12-13-39/h6,8-11,16,24-27,30,32H,5,7,12-15,17-23H2,1-4H3,(H,43,47)(H,44,49)(H,50,51)/b8-6-/t24-,25+,26+,27+,30-,32-,41+/m0/s1. The molecule has 3 saturated carbocycles. The number of hydrogen-bond acceptors (Lipinski definition) is 10. The molecule has 0 radical (unpaired) electrons. The van der Waals surface area contributed by atoms with Gasteiger partial charge in [0.05, 0.1) is 11.3 Å². The normalized spacial score (nSPS) is 32.0. The molecule has 308 valence electrons. The van der Waals surface area contributed by atoms with E-state index in [-0.39, 0.29) is 43.1 Å². The fraction of sp³-hybridized carbons (Fsp3) is 0.634. The minimum Gasteiger partial charge on any atom is -0.486 e. The smallest absolute Gasteiger partial charge is 0.408 e. The van der Waals surface area contributed by atoms with Gasteiger partial charge in [0.1, 0.15) is 36.9 Å². The number of benzene rings is 1. The summed E-state index contributed by atoms with van der Waals surface area (Å²) in [6.45, 7) is 8.51. The Morgan fingerprint density at radius 2 is 1.82 bits per heavy atom. The fourth-order valence-corrected chi connectivity index (χ4v) is 10.2. The molecule has 6 aliphatic rings. The molecular weight excluding hydrogens is 755 g/mol. The van der Waals surface area contributed by atoms with Gasteiger partial charge in [0, 0.05) is 35.9 Å². The maximum atomic E-state index is 15.1. The van der Waals surface area contributed by atoms with E-state index in [1.165, 1.54) is 9.80 Å². The number of aromatic nitrogens is 1. The van der Waals surface area contributed by atoms with E-state index >= 15 is 4.79 Å². The minimum absolute atomic E-state index is 0.0110. The molecule has 1 saturated heterocycles. The number of carbonyl (C=O) groups is 4. The number of pyridine rings is 1. The number of allylic oxidation sites excluding steroid dienone is 1. The van der Waals surface area contributed by atoms with Crippen LogP contribution in [0.2, 0.25) is 0 Å². The van der Waals surface area contributed by atoms with Crippen LogP contribution in [0, 0.1) is 23.2 Å². The third kappa shape index (κ3) is 7.49. The van der Waals surface area contributed by atoms with Gasteiger partial charge in [-0.2, -0.15) is 0 Å². The lowest BCUT2D eigenvalue weighted by atomic mass is 9.86. The van der Waals surface area contributed by atoms with Crippen molar-refractivity contribution in [2.45, 2.75) is 114 Å². The van der Waals surface area contributed by atoms with Crippen LogP contribution < -0.4 is 24.2 Å². The topological polar surface area (TPSA) is 194 Å². The molecule has 4 amide bonds. The summed E-state index contributed by atoms with van der Waals surface area (Å²) in [6.07, 6.45) is 8.18. The molecule has 57 heavy (non-hydrogen) atoms. The minimum atomic E-state index is -4.02. The maximum absolute atomic E-state index is 15.1. The molecule has 0 unspecified atom stereocenters. The summed E-state index contributed by atoms with van der Waals surface area (Å²) < 4.78 is 45.9. The lowest BCUT2D eigenvalue weighted by Gasteiger charge is -2.38. The third-order valence-corrected chi connectivity index (χ3v) is 15.3. The zero-order valence-electron chi connectivity index (χ0n) is 33.0. The number of carbonyl (C=O) groups excluding carboxylic acids is 3. The number of amides is 4. The van der Waals surface area contributed by atoms with E-state index in [0.717, 1.165) is 24.6 Å². The van der Waals surface area contributed by atoms with Gasteiger partial charge >= 0.3 is 6.09 Å². The Balaban J connectivity index is 1.15. The Hall–Kier alpha value is -4.60.